The summed E-state index contributed by atoms with van der Waals surface area (Å²) in [6.07, 6.45) is 4.63. The third kappa shape index (κ3) is 2.03. The normalized spacial score (nSPS) is 28.2. The van der Waals surface area contributed by atoms with Crippen molar-refractivity contribution in [3.8, 4) is 0 Å². The van der Waals surface area contributed by atoms with Crippen LogP contribution in [-0.4, -0.2) is 34.2 Å². The van der Waals surface area contributed by atoms with Gasteiger partial charge in [-0.25, -0.2) is 0 Å². The van der Waals surface area contributed by atoms with E-state index >= 15 is 0 Å². The molecule has 1 aromatic heterocycles. The van der Waals surface area contributed by atoms with Crippen LogP contribution in [0.15, 0.2) is 6.20 Å². The Hall–Kier alpha value is -0.940. The smallest absolute Gasteiger partial charge is 0.0790 e. The molecule has 1 aromatic rings. The van der Waals surface area contributed by atoms with Gasteiger partial charge in [0.2, 0.25) is 0 Å². The van der Waals surface area contributed by atoms with E-state index in [1.807, 2.05) is 14.1 Å². The van der Waals surface area contributed by atoms with E-state index in [1.165, 1.54) is 0 Å². The molecule has 0 amide bonds. The molecule has 5 heteroatoms. The van der Waals surface area contributed by atoms with Gasteiger partial charge in [0.05, 0.1) is 30.1 Å². The van der Waals surface area contributed by atoms with Crippen molar-refractivity contribution in [2.24, 2.45) is 7.05 Å². The second kappa shape index (κ2) is 4.28. The average molecular weight is 210 g/mol. The van der Waals surface area contributed by atoms with Gasteiger partial charge in [-0.15, -0.1) is 5.10 Å². The van der Waals surface area contributed by atoms with Crippen LogP contribution in [0.4, 0.5) is 0 Å². The molecule has 2 heterocycles. The fraction of sp³-hybridized carbons (Fsp3) is 0.800. The summed E-state index contributed by atoms with van der Waals surface area (Å²) >= 11 is 0. The fourth-order valence-corrected chi connectivity index (χ4v) is 2.18. The molecular weight excluding hydrogens is 192 g/mol. The first-order valence-electron chi connectivity index (χ1n) is 5.39. The molecule has 1 saturated heterocycles. The van der Waals surface area contributed by atoms with E-state index in [-0.39, 0.29) is 12.1 Å². The number of nitrogens with zero attached hydrogens (tertiary/aromatic N) is 3. The van der Waals surface area contributed by atoms with E-state index in [1.54, 1.807) is 10.9 Å². The minimum atomic E-state index is 0.190. The van der Waals surface area contributed by atoms with Crippen molar-refractivity contribution in [3.63, 3.8) is 0 Å². The van der Waals surface area contributed by atoms with Crippen molar-refractivity contribution in [2.45, 2.75) is 38.0 Å². The quantitative estimate of drug-likeness (QED) is 0.795. The summed E-state index contributed by atoms with van der Waals surface area (Å²) in [7, 11) is 3.86. The highest BCUT2D eigenvalue weighted by Gasteiger charge is 2.31. The molecule has 1 aliphatic rings. The third-order valence-corrected chi connectivity index (χ3v) is 3.02. The van der Waals surface area contributed by atoms with Crippen molar-refractivity contribution in [1.29, 1.82) is 0 Å². The van der Waals surface area contributed by atoms with Crippen LogP contribution in [0.1, 0.15) is 31.5 Å². The first-order chi connectivity index (χ1) is 7.22. The maximum atomic E-state index is 5.86. The maximum Gasteiger partial charge on any atom is 0.0790 e. The Kier molecular flexibility index (Phi) is 3.02. The van der Waals surface area contributed by atoms with Crippen LogP contribution in [0.5, 0.6) is 0 Å². The molecule has 0 spiro atoms. The standard InChI is InChI=1S/C10H18N4O/c1-7-4-5-9(15-7)10(11-2)8-6-12-13-14(8)3/h6-7,9-11H,4-5H2,1-3H3. The lowest BCUT2D eigenvalue weighted by atomic mass is 10.1. The van der Waals surface area contributed by atoms with Crippen molar-refractivity contribution >= 4 is 0 Å². The zero-order valence-corrected chi connectivity index (χ0v) is 9.47. The summed E-state index contributed by atoms with van der Waals surface area (Å²) in [5.74, 6) is 0. The van der Waals surface area contributed by atoms with E-state index in [4.69, 9.17) is 4.74 Å². The Morgan fingerprint density at radius 2 is 2.40 bits per heavy atom. The monoisotopic (exact) mass is 210 g/mol. The second-order valence-electron chi connectivity index (χ2n) is 4.11. The molecule has 0 saturated carbocycles. The van der Waals surface area contributed by atoms with E-state index in [9.17, 15) is 0 Å². The van der Waals surface area contributed by atoms with Crippen LogP contribution in [0.2, 0.25) is 0 Å². The summed E-state index contributed by atoms with van der Waals surface area (Å²) < 4.78 is 7.66. The SMILES string of the molecule is CNC(c1cnnn1C)C1CCC(C)O1. The summed E-state index contributed by atoms with van der Waals surface area (Å²) in [6, 6.07) is 0.190. The average Bonchev–Trinajstić information content (AvgIpc) is 2.79. The number of rotatable bonds is 3. The van der Waals surface area contributed by atoms with Crippen molar-refractivity contribution in [1.82, 2.24) is 20.3 Å². The first-order valence-corrected chi connectivity index (χ1v) is 5.39. The molecule has 84 valence electrons. The van der Waals surface area contributed by atoms with Gasteiger partial charge in [-0.2, -0.15) is 0 Å². The number of aryl methyl sites for hydroxylation is 1. The molecule has 5 nitrogen and oxygen atoms in total. The fourth-order valence-electron chi connectivity index (χ4n) is 2.18. The molecule has 15 heavy (non-hydrogen) atoms. The number of hydrogen-bond donors (Lipinski definition) is 1. The van der Waals surface area contributed by atoms with E-state index < -0.39 is 0 Å². The number of nitrogens with one attached hydrogen (secondary N) is 1. The second-order valence-corrected chi connectivity index (χ2v) is 4.11. The summed E-state index contributed by atoms with van der Waals surface area (Å²) in [6.45, 7) is 2.12. The lowest BCUT2D eigenvalue weighted by Gasteiger charge is -2.22. The molecule has 2 rings (SSSR count). The van der Waals surface area contributed by atoms with Crippen molar-refractivity contribution in [3.05, 3.63) is 11.9 Å². The Morgan fingerprint density at radius 1 is 1.60 bits per heavy atom. The van der Waals surface area contributed by atoms with Gasteiger partial charge < -0.3 is 10.1 Å². The topological polar surface area (TPSA) is 52.0 Å². The molecule has 1 fully saturated rings. The Balaban J connectivity index is 2.14. The highest BCUT2D eigenvalue weighted by Crippen LogP contribution is 2.29. The van der Waals surface area contributed by atoms with Crippen LogP contribution in [0, 0.1) is 0 Å². The van der Waals surface area contributed by atoms with Gasteiger partial charge in [-0.1, -0.05) is 5.21 Å². The summed E-state index contributed by atoms with van der Waals surface area (Å²) in [4.78, 5) is 0. The number of likely N-dealkylation sites (N-methyl/N-ethyl adjacent to an activating group) is 1. The van der Waals surface area contributed by atoms with Gasteiger partial charge >= 0.3 is 0 Å². The van der Waals surface area contributed by atoms with Crippen LogP contribution < -0.4 is 5.32 Å². The molecule has 3 atom stereocenters. The highest BCUT2D eigenvalue weighted by atomic mass is 16.5. The van der Waals surface area contributed by atoms with Gasteiger partial charge in [0, 0.05) is 7.05 Å². The van der Waals surface area contributed by atoms with Gasteiger partial charge in [-0.3, -0.25) is 4.68 Å². The highest BCUT2D eigenvalue weighted by molar-refractivity contribution is 5.05. The van der Waals surface area contributed by atoms with Gasteiger partial charge in [-0.05, 0) is 26.8 Å². The Bertz CT molecular complexity index is 325. The number of aromatic nitrogens is 3. The van der Waals surface area contributed by atoms with Crippen molar-refractivity contribution < 1.29 is 4.74 Å². The van der Waals surface area contributed by atoms with Gasteiger partial charge in [0.1, 0.15) is 0 Å². The predicted molar refractivity (Wildman–Crippen MR) is 56.4 cm³/mol. The van der Waals surface area contributed by atoms with E-state index in [0.717, 1.165) is 18.5 Å². The number of ether oxygens (including phenoxy) is 1. The Labute approximate surface area is 89.8 Å². The van der Waals surface area contributed by atoms with Gasteiger partial charge in [0.15, 0.2) is 0 Å². The van der Waals surface area contributed by atoms with Gasteiger partial charge in [0.25, 0.3) is 0 Å². The predicted octanol–water partition coefficient (Wildman–Crippen LogP) is 0.643. The largest absolute Gasteiger partial charge is 0.373 e. The molecular formula is C10H18N4O. The van der Waals surface area contributed by atoms with Crippen LogP contribution in [0.25, 0.3) is 0 Å². The molecule has 1 N–H and O–H groups in total. The van der Waals surface area contributed by atoms with E-state index in [0.29, 0.717) is 6.10 Å². The Morgan fingerprint density at radius 3 is 2.87 bits per heavy atom. The zero-order chi connectivity index (χ0) is 10.8. The molecule has 1 aliphatic heterocycles. The van der Waals surface area contributed by atoms with E-state index in [2.05, 4.69) is 22.6 Å². The minimum absolute atomic E-state index is 0.190. The lowest BCUT2D eigenvalue weighted by molar-refractivity contribution is 0.0316. The summed E-state index contributed by atoms with van der Waals surface area (Å²) in [5.41, 5.74) is 1.08. The maximum absolute atomic E-state index is 5.86. The molecule has 0 bridgehead atoms. The lowest BCUT2D eigenvalue weighted by Crippen LogP contribution is -2.31. The molecule has 0 aromatic carbocycles. The molecule has 0 aliphatic carbocycles. The van der Waals surface area contributed by atoms with Crippen LogP contribution in [0.3, 0.4) is 0 Å². The molecule has 3 unspecified atom stereocenters. The minimum Gasteiger partial charge on any atom is -0.373 e. The number of hydrogen-bond acceptors (Lipinski definition) is 4. The van der Waals surface area contributed by atoms with Crippen molar-refractivity contribution in [2.75, 3.05) is 7.05 Å². The van der Waals surface area contributed by atoms with Crippen LogP contribution in [-0.2, 0) is 11.8 Å². The van der Waals surface area contributed by atoms with Crippen LogP contribution >= 0.6 is 0 Å². The third-order valence-electron chi connectivity index (χ3n) is 3.02. The summed E-state index contributed by atoms with van der Waals surface area (Å²) in [5, 5.41) is 11.1. The first kappa shape index (κ1) is 10.6. The zero-order valence-electron chi connectivity index (χ0n) is 9.47. The molecule has 0 radical (unpaired) electrons.